The SMILES string of the molecule is c1ccc(N(c2ccccc2)c2ccc(-c3ccc4c(c3)c3cc(-c5ccc(N(c6ccccc6)c6ccccc6)cc5)ccc3n4-c3cccc4c3oc3ccccc34)cc2)cc1. The summed E-state index contributed by atoms with van der Waals surface area (Å²) in [5.41, 5.74) is 16.3. The highest BCUT2D eigenvalue weighted by Gasteiger charge is 2.20. The van der Waals surface area contributed by atoms with Crippen molar-refractivity contribution < 1.29 is 4.42 Å². The third-order valence-electron chi connectivity index (χ3n) is 12.4. The molecule has 0 fully saturated rings. The molecule has 0 saturated heterocycles. The largest absolute Gasteiger partial charge is 0.454 e. The van der Waals surface area contributed by atoms with E-state index in [1.807, 2.05) is 6.07 Å². The number of nitrogens with zero attached hydrogens (tertiary/aromatic N) is 3. The van der Waals surface area contributed by atoms with Gasteiger partial charge in [0.05, 0.1) is 16.7 Å². The number of para-hydroxylation sites is 6. The summed E-state index contributed by atoms with van der Waals surface area (Å²) >= 11 is 0. The van der Waals surface area contributed by atoms with Gasteiger partial charge in [0.2, 0.25) is 0 Å². The minimum absolute atomic E-state index is 0.879. The predicted octanol–water partition coefficient (Wildman–Crippen LogP) is 17.0. The van der Waals surface area contributed by atoms with Crippen LogP contribution in [0.15, 0.2) is 253 Å². The van der Waals surface area contributed by atoms with E-state index in [0.717, 1.165) is 95.0 Å². The molecule has 0 aliphatic heterocycles. The number of benzene rings is 10. The van der Waals surface area contributed by atoms with Crippen LogP contribution in [0.5, 0.6) is 0 Å². The van der Waals surface area contributed by atoms with Crippen molar-refractivity contribution in [2.75, 3.05) is 9.80 Å². The van der Waals surface area contributed by atoms with Gasteiger partial charge in [-0.3, -0.25) is 0 Å². The lowest BCUT2D eigenvalue weighted by Gasteiger charge is -2.25. The smallest absolute Gasteiger partial charge is 0.159 e. The van der Waals surface area contributed by atoms with Gasteiger partial charge in [-0.15, -0.1) is 0 Å². The summed E-state index contributed by atoms with van der Waals surface area (Å²) in [7, 11) is 0. The third kappa shape index (κ3) is 6.48. The first-order valence-electron chi connectivity index (χ1n) is 21.8. The van der Waals surface area contributed by atoms with Crippen LogP contribution in [-0.4, -0.2) is 4.57 Å². The van der Waals surface area contributed by atoms with Gasteiger partial charge in [-0.2, -0.15) is 0 Å². The van der Waals surface area contributed by atoms with Crippen LogP contribution >= 0.6 is 0 Å². The molecule has 10 aromatic carbocycles. The first-order valence-corrected chi connectivity index (χ1v) is 21.8. The molecule has 12 rings (SSSR count). The van der Waals surface area contributed by atoms with E-state index in [-0.39, 0.29) is 0 Å². The first kappa shape index (κ1) is 37.2. The van der Waals surface area contributed by atoms with E-state index in [1.54, 1.807) is 0 Å². The van der Waals surface area contributed by atoms with E-state index >= 15 is 0 Å². The topological polar surface area (TPSA) is 24.6 Å². The van der Waals surface area contributed by atoms with Crippen molar-refractivity contribution in [3.63, 3.8) is 0 Å². The zero-order valence-corrected chi connectivity index (χ0v) is 34.9. The fourth-order valence-corrected chi connectivity index (χ4v) is 9.36. The fraction of sp³-hybridized carbons (Fsp3) is 0. The van der Waals surface area contributed by atoms with Gasteiger partial charge >= 0.3 is 0 Å². The molecule has 0 aliphatic rings. The minimum atomic E-state index is 0.879. The number of furan rings is 1. The molecule has 0 spiro atoms. The third-order valence-corrected chi connectivity index (χ3v) is 12.4. The fourth-order valence-electron chi connectivity index (χ4n) is 9.36. The Morgan fingerprint density at radius 2 is 0.656 bits per heavy atom. The lowest BCUT2D eigenvalue weighted by molar-refractivity contribution is 0.666. The van der Waals surface area contributed by atoms with E-state index in [2.05, 4.69) is 257 Å². The average Bonchev–Trinajstić information content (AvgIpc) is 3.91. The molecular formula is C60H41N3O. The second-order valence-corrected chi connectivity index (χ2v) is 16.2. The highest BCUT2D eigenvalue weighted by Crippen LogP contribution is 2.42. The van der Waals surface area contributed by atoms with Gasteiger partial charge in [-0.25, -0.2) is 0 Å². The molecule has 0 saturated carbocycles. The van der Waals surface area contributed by atoms with Gasteiger partial charge in [0.15, 0.2) is 5.58 Å². The van der Waals surface area contributed by atoms with Gasteiger partial charge in [-0.05, 0) is 131 Å². The molecule has 0 unspecified atom stereocenters. The summed E-state index contributed by atoms with van der Waals surface area (Å²) in [6.07, 6.45) is 0. The van der Waals surface area contributed by atoms with E-state index in [0.29, 0.717) is 0 Å². The Hall–Kier alpha value is -8.60. The van der Waals surface area contributed by atoms with Gasteiger partial charge in [0.25, 0.3) is 0 Å². The zero-order valence-electron chi connectivity index (χ0n) is 34.9. The molecule has 0 atom stereocenters. The Labute approximate surface area is 371 Å². The molecule has 0 bridgehead atoms. The number of rotatable bonds is 9. The summed E-state index contributed by atoms with van der Waals surface area (Å²) in [5.74, 6) is 0. The second kappa shape index (κ2) is 15.7. The van der Waals surface area contributed by atoms with E-state index in [1.165, 1.54) is 10.8 Å². The molecule has 2 heterocycles. The van der Waals surface area contributed by atoms with Crippen molar-refractivity contribution in [1.29, 1.82) is 0 Å². The van der Waals surface area contributed by atoms with E-state index in [9.17, 15) is 0 Å². The summed E-state index contributed by atoms with van der Waals surface area (Å²) in [6.45, 7) is 0. The Morgan fingerprint density at radius 1 is 0.281 bits per heavy atom. The minimum Gasteiger partial charge on any atom is -0.454 e. The maximum absolute atomic E-state index is 6.65. The first-order chi connectivity index (χ1) is 31.7. The molecule has 4 nitrogen and oxygen atoms in total. The number of fused-ring (bicyclic) bond motifs is 6. The van der Waals surface area contributed by atoms with E-state index < -0.39 is 0 Å². The second-order valence-electron chi connectivity index (χ2n) is 16.2. The van der Waals surface area contributed by atoms with Crippen molar-refractivity contribution in [2.24, 2.45) is 0 Å². The van der Waals surface area contributed by atoms with Crippen LogP contribution in [0.2, 0.25) is 0 Å². The lowest BCUT2D eigenvalue weighted by Crippen LogP contribution is -2.09. The molecule has 0 radical (unpaired) electrons. The molecule has 4 heteroatoms. The van der Waals surface area contributed by atoms with Crippen LogP contribution < -0.4 is 9.80 Å². The number of hydrogen-bond donors (Lipinski definition) is 0. The van der Waals surface area contributed by atoms with Crippen molar-refractivity contribution >= 4 is 77.9 Å². The molecule has 302 valence electrons. The van der Waals surface area contributed by atoms with Gasteiger partial charge in [0, 0.05) is 55.7 Å². The van der Waals surface area contributed by atoms with Crippen LogP contribution in [0.3, 0.4) is 0 Å². The quantitative estimate of drug-likeness (QED) is 0.145. The van der Waals surface area contributed by atoms with Crippen LogP contribution in [0, 0.1) is 0 Å². The van der Waals surface area contributed by atoms with E-state index in [4.69, 9.17) is 4.42 Å². The van der Waals surface area contributed by atoms with Crippen molar-refractivity contribution in [1.82, 2.24) is 4.57 Å². The molecule has 12 aromatic rings. The molecule has 0 amide bonds. The summed E-state index contributed by atoms with van der Waals surface area (Å²) in [5, 5.41) is 4.58. The summed E-state index contributed by atoms with van der Waals surface area (Å²) in [4.78, 5) is 4.60. The Kier molecular flexibility index (Phi) is 9.12. The summed E-state index contributed by atoms with van der Waals surface area (Å²) < 4.78 is 9.03. The number of hydrogen-bond acceptors (Lipinski definition) is 3. The highest BCUT2D eigenvalue weighted by atomic mass is 16.3. The average molecular weight is 820 g/mol. The van der Waals surface area contributed by atoms with Gasteiger partial charge < -0.3 is 18.8 Å². The zero-order chi connectivity index (χ0) is 42.4. The monoisotopic (exact) mass is 819 g/mol. The van der Waals surface area contributed by atoms with Crippen LogP contribution in [0.1, 0.15) is 0 Å². The Morgan fingerprint density at radius 3 is 1.11 bits per heavy atom. The maximum Gasteiger partial charge on any atom is 0.159 e. The standard InChI is InChI=1S/C60H41N3O/c1-5-16-46(17-6-1)61(47-18-7-2-8-19-47)50-34-28-42(29-35-50)44-32-38-56-54(40-44)55-41-45(33-39-57(55)63(56)58-26-15-25-53-52-24-13-14-27-59(52)64-60(53)58)43-30-36-51(37-31-43)62(48-20-9-3-10-21-48)49-22-11-4-12-23-49/h1-41H. The van der Waals surface area contributed by atoms with Crippen LogP contribution in [0.4, 0.5) is 34.1 Å². The molecule has 2 aromatic heterocycles. The van der Waals surface area contributed by atoms with Crippen molar-refractivity contribution in [3.8, 4) is 27.9 Å². The summed E-state index contributed by atoms with van der Waals surface area (Å²) in [6, 6.07) is 88.6. The number of aromatic nitrogens is 1. The molecule has 0 aliphatic carbocycles. The Balaban J connectivity index is 0.992. The van der Waals surface area contributed by atoms with Gasteiger partial charge in [0.1, 0.15) is 5.58 Å². The maximum atomic E-state index is 6.65. The Bertz CT molecular complexity index is 3320. The number of anilines is 6. The van der Waals surface area contributed by atoms with Crippen molar-refractivity contribution in [2.45, 2.75) is 0 Å². The molecule has 64 heavy (non-hydrogen) atoms. The van der Waals surface area contributed by atoms with Crippen LogP contribution in [0.25, 0.3) is 71.7 Å². The molecular weight excluding hydrogens is 779 g/mol. The van der Waals surface area contributed by atoms with Gasteiger partial charge in [-0.1, -0.05) is 140 Å². The predicted molar refractivity (Wildman–Crippen MR) is 268 cm³/mol. The highest BCUT2D eigenvalue weighted by molar-refractivity contribution is 6.14. The van der Waals surface area contributed by atoms with Crippen LogP contribution in [-0.2, 0) is 0 Å². The lowest BCUT2D eigenvalue weighted by atomic mass is 9.99. The molecule has 0 N–H and O–H groups in total. The van der Waals surface area contributed by atoms with Crippen molar-refractivity contribution in [3.05, 3.63) is 249 Å². The normalized spacial score (nSPS) is 11.4.